The third-order valence-electron chi connectivity index (χ3n) is 4.99. The van der Waals surface area contributed by atoms with Crippen molar-refractivity contribution in [3.05, 3.63) is 18.2 Å². The molecule has 16 nitrogen and oxygen atoms in total. The first-order valence-electron chi connectivity index (χ1n) is 11.2. The summed E-state index contributed by atoms with van der Waals surface area (Å²) in [4.78, 5) is 70.9. The van der Waals surface area contributed by atoms with Crippen LogP contribution in [0.25, 0.3) is 0 Å². The highest BCUT2D eigenvalue weighted by atomic mass is 32.1. The zero-order valence-corrected chi connectivity index (χ0v) is 20.8. The van der Waals surface area contributed by atoms with Gasteiger partial charge in [0.05, 0.1) is 12.4 Å². The number of thiol groups is 1. The number of aromatic nitrogens is 2. The zero-order valence-electron chi connectivity index (χ0n) is 19.9. The highest BCUT2D eigenvalue weighted by Crippen LogP contribution is 2.04. The smallest absolute Gasteiger partial charge is 0.326 e. The van der Waals surface area contributed by atoms with Crippen molar-refractivity contribution in [1.29, 1.82) is 0 Å². The first kappa shape index (κ1) is 31.2. The Morgan fingerprint density at radius 1 is 1.00 bits per heavy atom. The predicted molar refractivity (Wildman–Crippen MR) is 134 cm³/mol. The standard InChI is InChI=1S/C20H33N9O7S/c21-11(2-1-5-25-20(22)23)16(32)27-12(3-4-15(30)31)17(33)29-14(8-37)18(34)28-13(19(35)36)6-10-7-24-9-26-10/h7,9,11-14,37H,1-6,8,21H2,(H,24,26)(H,27,32)(H,28,34)(H,29,33)(H,30,31)(H,35,36)(H4,22,23,25). The summed E-state index contributed by atoms with van der Waals surface area (Å²) in [5.41, 5.74) is 16.8. The number of carbonyl (C=O) groups excluding carboxylic acids is 3. The minimum Gasteiger partial charge on any atom is -0.481 e. The van der Waals surface area contributed by atoms with Crippen molar-refractivity contribution < 1.29 is 34.2 Å². The number of carboxylic acids is 2. The number of carboxylic acid groups (broad SMARTS) is 2. The van der Waals surface area contributed by atoms with Crippen LogP contribution in [-0.4, -0.2) is 92.3 Å². The summed E-state index contributed by atoms with van der Waals surface area (Å²) in [7, 11) is 0. The maximum absolute atomic E-state index is 12.9. The predicted octanol–water partition coefficient (Wildman–Crippen LogP) is -3.33. The van der Waals surface area contributed by atoms with Gasteiger partial charge in [-0.3, -0.25) is 24.2 Å². The summed E-state index contributed by atoms with van der Waals surface area (Å²) < 4.78 is 0. The van der Waals surface area contributed by atoms with Crippen LogP contribution < -0.4 is 33.2 Å². The lowest BCUT2D eigenvalue weighted by atomic mass is 10.1. The van der Waals surface area contributed by atoms with Crippen molar-refractivity contribution in [3.63, 3.8) is 0 Å². The second-order valence-electron chi connectivity index (χ2n) is 7.97. The molecule has 0 spiro atoms. The summed E-state index contributed by atoms with van der Waals surface area (Å²) in [5.74, 6) is -5.26. The summed E-state index contributed by atoms with van der Waals surface area (Å²) in [6, 6.07) is -4.97. The molecule has 4 atom stereocenters. The van der Waals surface area contributed by atoms with Crippen LogP contribution in [0.2, 0.25) is 0 Å². The maximum Gasteiger partial charge on any atom is 0.326 e. The minimum absolute atomic E-state index is 0.0906. The molecule has 4 unspecified atom stereocenters. The van der Waals surface area contributed by atoms with E-state index >= 15 is 0 Å². The summed E-state index contributed by atoms with van der Waals surface area (Å²) in [5, 5.41) is 25.5. The van der Waals surface area contributed by atoms with Crippen LogP contribution in [0.5, 0.6) is 0 Å². The fraction of sp³-hybridized carbons (Fsp3) is 0.550. The summed E-state index contributed by atoms with van der Waals surface area (Å²) in [6.07, 6.45) is 2.49. The van der Waals surface area contributed by atoms with Gasteiger partial charge in [0, 0.05) is 37.0 Å². The van der Waals surface area contributed by atoms with Gasteiger partial charge in [0.1, 0.15) is 18.1 Å². The van der Waals surface area contributed by atoms with Crippen LogP contribution in [0.4, 0.5) is 0 Å². The van der Waals surface area contributed by atoms with E-state index in [4.69, 9.17) is 22.3 Å². The lowest BCUT2D eigenvalue weighted by Crippen LogP contribution is -2.58. The van der Waals surface area contributed by atoms with Gasteiger partial charge in [-0.2, -0.15) is 12.6 Å². The molecule has 0 saturated heterocycles. The number of guanidine groups is 1. The van der Waals surface area contributed by atoms with Crippen molar-refractivity contribution in [1.82, 2.24) is 25.9 Å². The fourth-order valence-electron chi connectivity index (χ4n) is 3.02. The molecule has 3 amide bonds. The number of nitrogens with two attached hydrogens (primary N) is 3. The Bertz CT molecular complexity index is 954. The number of rotatable bonds is 17. The van der Waals surface area contributed by atoms with Gasteiger partial charge in [-0.25, -0.2) is 9.78 Å². The number of imidazole rings is 1. The monoisotopic (exact) mass is 543 g/mol. The third-order valence-corrected chi connectivity index (χ3v) is 5.36. The molecule has 0 radical (unpaired) electrons. The number of hydrogen-bond acceptors (Lipinski definition) is 9. The molecule has 0 bridgehead atoms. The number of amides is 3. The Morgan fingerprint density at radius 2 is 1.62 bits per heavy atom. The lowest BCUT2D eigenvalue weighted by molar-refractivity contribution is -0.142. The zero-order chi connectivity index (χ0) is 28.0. The highest BCUT2D eigenvalue weighted by Gasteiger charge is 2.30. The average Bonchev–Trinajstić information content (AvgIpc) is 3.34. The molecule has 0 aromatic carbocycles. The number of aromatic amines is 1. The van der Waals surface area contributed by atoms with Crippen molar-refractivity contribution in [2.24, 2.45) is 22.2 Å². The lowest BCUT2D eigenvalue weighted by Gasteiger charge is -2.24. The summed E-state index contributed by atoms with van der Waals surface area (Å²) in [6.45, 7) is 0.239. The molecule has 206 valence electrons. The number of hydrogen-bond donors (Lipinski definition) is 10. The molecule has 1 rings (SSSR count). The van der Waals surface area contributed by atoms with Crippen molar-refractivity contribution in [2.75, 3.05) is 12.3 Å². The molecule has 0 aliphatic carbocycles. The van der Waals surface area contributed by atoms with E-state index in [0.717, 1.165) is 0 Å². The van der Waals surface area contributed by atoms with E-state index in [2.05, 4.69) is 43.5 Å². The van der Waals surface area contributed by atoms with Gasteiger partial charge in [0.2, 0.25) is 17.7 Å². The van der Waals surface area contributed by atoms with E-state index < -0.39 is 60.2 Å². The maximum atomic E-state index is 12.9. The van der Waals surface area contributed by atoms with Gasteiger partial charge in [-0.15, -0.1) is 0 Å². The van der Waals surface area contributed by atoms with E-state index in [1.54, 1.807) is 0 Å². The third kappa shape index (κ3) is 12.1. The number of carbonyl (C=O) groups is 5. The molecule has 0 aliphatic rings. The van der Waals surface area contributed by atoms with E-state index in [9.17, 15) is 29.1 Å². The molecule has 17 heteroatoms. The molecule has 0 aliphatic heterocycles. The van der Waals surface area contributed by atoms with Crippen molar-refractivity contribution >= 4 is 48.2 Å². The fourth-order valence-corrected chi connectivity index (χ4v) is 3.28. The molecular formula is C20H33N9O7S. The molecule has 0 fully saturated rings. The van der Waals surface area contributed by atoms with Crippen LogP contribution in [0.15, 0.2) is 17.5 Å². The SMILES string of the molecule is NC(N)=NCCCC(N)C(=O)NC(CCC(=O)O)C(=O)NC(CS)C(=O)NC(Cc1cnc[nH]1)C(=O)O. The van der Waals surface area contributed by atoms with E-state index in [-0.39, 0.29) is 37.5 Å². The van der Waals surface area contributed by atoms with Crippen LogP contribution >= 0.6 is 12.6 Å². The second-order valence-corrected chi connectivity index (χ2v) is 8.34. The van der Waals surface area contributed by atoms with Crippen molar-refractivity contribution in [2.45, 2.75) is 56.3 Å². The Labute approximate surface area is 217 Å². The second kappa shape index (κ2) is 16.0. The first-order valence-corrected chi connectivity index (χ1v) is 11.8. The van der Waals surface area contributed by atoms with Crippen LogP contribution in [0, 0.1) is 0 Å². The molecule has 12 N–H and O–H groups in total. The van der Waals surface area contributed by atoms with Crippen LogP contribution in [-0.2, 0) is 30.4 Å². The normalized spacial score (nSPS) is 13.9. The topological polar surface area (TPSA) is 281 Å². The molecule has 1 heterocycles. The van der Waals surface area contributed by atoms with Crippen LogP contribution in [0.1, 0.15) is 31.4 Å². The summed E-state index contributed by atoms with van der Waals surface area (Å²) >= 11 is 4.04. The average molecular weight is 544 g/mol. The number of nitrogens with zero attached hydrogens (tertiary/aromatic N) is 2. The van der Waals surface area contributed by atoms with E-state index in [1.807, 2.05) is 0 Å². The Kier molecular flexibility index (Phi) is 13.5. The molecule has 1 aromatic heterocycles. The van der Waals surface area contributed by atoms with Gasteiger partial charge in [-0.1, -0.05) is 0 Å². The van der Waals surface area contributed by atoms with Gasteiger partial charge >= 0.3 is 11.9 Å². The largest absolute Gasteiger partial charge is 0.481 e. The number of nitrogens with one attached hydrogen (secondary N) is 4. The molecule has 37 heavy (non-hydrogen) atoms. The molecule has 0 saturated carbocycles. The first-order chi connectivity index (χ1) is 17.4. The van der Waals surface area contributed by atoms with E-state index in [0.29, 0.717) is 12.1 Å². The highest BCUT2D eigenvalue weighted by molar-refractivity contribution is 7.80. The van der Waals surface area contributed by atoms with Gasteiger partial charge < -0.3 is 48.3 Å². The van der Waals surface area contributed by atoms with Crippen molar-refractivity contribution in [3.8, 4) is 0 Å². The molecule has 1 aromatic rings. The molecular weight excluding hydrogens is 510 g/mol. The van der Waals surface area contributed by atoms with Gasteiger partial charge in [-0.05, 0) is 19.3 Å². The quantitative estimate of drug-likeness (QED) is 0.0401. The van der Waals surface area contributed by atoms with Gasteiger partial charge in [0.15, 0.2) is 5.96 Å². The minimum atomic E-state index is -1.33. The Balaban J connectivity index is 2.82. The Morgan fingerprint density at radius 3 is 2.16 bits per heavy atom. The number of aliphatic imine (C=N–C) groups is 1. The van der Waals surface area contributed by atoms with E-state index in [1.165, 1.54) is 12.5 Å². The van der Waals surface area contributed by atoms with Crippen LogP contribution in [0.3, 0.4) is 0 Å². The Hall–Kier alpha value is -3.86. The van der Waals surface area contributed by atoms with Gasteiger partial charge in [0.25, 0.3) is 0 Å². The number of H-pyrrole nitrogens is 1. The number of aliphatic carboxylic acids is 2.